The molecule has 120 valence electrons. The molecule has 0 spiro atoms. The number of nitrogens with zero attached hydrogens (tertiary/aromatic N) is 1. The van der Waals surface area contributed by atoms with Crippen molar-refractivity contribution in [3.8, 4) is 11.5 Å². The molecule has 0 atom stereocenters. The Balaban J connectivity index is 1.86. The van der Waals surface area contributed by atoms with E-state index in [0.29, 0.717) is 11.3 Å². The summed E-state index contributed by atoms with van der Waals surface area (Å²) in [5, 5.41) is 8.25. The first-order chi connectivity index (χ1) is 11.5. The van der Waals surface area contributed by atoms with Gasteiger partial charge in [-0.1, -0.05) is 18.2 Å². The van der Waals surface area contributed by atoms with Crippen LogP contribution in [0.25, 0.3) is 0 Å². The Morgan fingerprint density at radius 1 is 1.00 bits per heavy atom. The predicted octanol–water partition coefficient (Wildman–Crippen LogP) is 2.14. The molecule has 1 aromatic heterocycles. The van der Waals surface area contributed by atoms with Gasteiger partial charge >= 0.3 is 5.69 Å². The van der Waals surface area contributed by atoms with E-state index in [-0.39, 0.29) is 22.9 Å². The standard InChI is InChI=1S/C17H15N5O2/c18-14(13-15(19)21-17(23)22-16(13)20)10-6-8-12(9-7-10)24-11-4-2-1-3-5-11/h1-9,18H,(H5,19,20,21,22,23). The number of aromatic nitrogens is 2. The summed E-state index contributed by atoms with van der Waals surface area (Å²) in [6.07, 6.45) is 0. The first-order valence-corrected chi connectivity index (χ1v) is 7.12. The number of nitrogens with one attached hydrogen (secondary N) is 2. The highest BCUT2D eigenvalue weighted by Crippen LogP contribution is 2.23. The highest BCUT2D eigenvalue weighted by molar-refractivity contribution is 6.15. The summed E-state index contributed by atoms with van der Waals surface area (Å²) in [6, 6.07) is 16.3. The van der Waals surface area contributed by atoms with Gasteiger partial charge in [-0.2, -0.15) is 4.98 Å². The molecule has 3 rings (SSSR count). The number of benzene rings is 2. The van der Waals surface area contributed by atoms with Crippen LogP contribution < -0.4 is 21.9 Å². The number of hydrogen-bond acceptors (Lipinski definition) is 6. The molecule has 24 heavy (non-hydrogen) atoms. The number of rotatable bonds is 4. The molecule has 7 heteroatoms. The largest absolute Gasteiger partial charge is 0.457 e. The third kappa shape index (κ3) is 3.09. The van der Waals surface area contributed by atoms with Gasteiger partial charge in [0, 0.05) is 5.56 Å². The zero-order chi connectivity index (χ0) is 17.1. The van der Waals surface area contributed by atoms with Crippen LogP contribution in [0.4, 0.5) is 11.6 Å². The van der Waals surface area contributed by atoms with Gasteiger partial charge < -0.3 is 16.2 Å². The molecule has 0 radical (unpaired) electrons. The van der Waals surface area contributed by atoms with Crippen LogP contribution in [-0.4, -0.2) is 15.7 Å². The van der Waals surface area contributed by atoms with E-state index in [1.54, 1.807) is 24.3 Å². The smallest absolute Gasteiger partial charge is 0.348 e. The van der Waals surface area contributed by atoms with Crippen LogP contribution >= 0.6 is 0 Å². The van der Waals surface area contributed by atoms with Crippen molar-refractivity contribution < 1.29 is 4.74 Å². The lowest BCUT2D eigenvalue weighted by Gasteiger charge is -2.10. The Morgan fingerprint density at radius 2 is 1.62 bits per heavy atom. The lowest BCUT2D eigenvalue weighted by atomic mass is 10.0. The van der Waals surface area contributed by atoms with Crippen molar-refractivity contribution in [2.45, 2.75) is 0 Å². The van der Waals surface area contributed by atoms with Crippen LogP contribution in [0, 0.1) is 5.41 Å². The predicted molar refractivity (Wildman–Crippen MR) is 92.6 cm³/mol. The van der Waals surface area contributed by atoms with E-state index in [4.69, 9.17) is 21.6 Å². The quantitative estimate of drug-likeness (QED) is 0.547. The second-order valence-corrected chi connectivity index (χ2v) is 5.03. The first-order valence-electron chi connectivity index (χ1n) is 7.12. The maximum atomic E-state index is 11.2. The fraction of sp³-hybridized carbons (Fsp3) is 0. The number of hydrogen-bond donors (Lipinski definition) is 4. The number of aromatic amines is 1. The topological polar surface area (TPSA) is 131 Å². The summed E-state index contributed by atoms with van der Waals surface area (Å²) in [5.74, 6) is 1.30. The molecule has 7 nitrogen and oxygen atoms in total. The summed E-state index contributed by atoms with van der Waals surface area (Å²) < 4.78 is 5.70. The molecule has 0 fully saturated rings. The zero-order valence-electron chi connectivity index (χ0n) is 12.6. The molecule has 0 bridgehead atoms. The molecule has 0 saturated heterocycles. The fourth-order valence-corrected chi connectivity index (χ4v) is 2.23. The summed E-state index contributed by atoms with van der Waals surface area (Å²) >= 11 is 0. The highest BCUT2D eigenvalue weighted by Gasteiger charge is 2.15. The number of nitrogen functional groups attached to an aromatic ring is 2. The van der Waals surface area contributed by atoms with Crippen molar-refractivity contribution in [1.82, 2.24) is 9.97 Å². The van der Waals surface area contributed by atoms with Crippen LogP contribution in [0.3, 0.4) is 0 Å². The zero-order valence-corrected chi connectivity index (χ0v) is 12.6. The number of anilines is 2. The van der Waals surface area contributed by atoms with Gasteiger partial charge in [-0.05, 0) is 36.4 Å². The Bertz CT molecular complexity index is 907. The Hall–Kier alpha value is -3.61. The van der Waals surface area contributed by atoms with Gasteiger partial charge in [0.1, 0.15) is 23.1 Å². The minimum atomic E-state index is -0.645. The average molecular weight is 321 g/mol. The number of ether oxygens (including phenoxy) is 1. The van der Waals surface area contributed by atoms with Gasteiger partial charge in [-0.3, -0.25) is 10.4 Å². The van der Waals surface area contributed by atoms with Crippen LogP contribution in [-0.2, 0) is 0 Å². The Kier molecular flexibility index (Phi) is 3.98. The molecule has 1 heterocycles. The molecule has 0 amide bonds. The molecule has 6 N–H and O–H groups in total. The molecule has 3 aromatic rings. The highest BCUT2D eigenvalue weighted by atomic mass is 16.5. The minimum Gasteiger partial charge on any atom is -0.457 e. The number of nitrogens with two attached hydrogens (primary N) is 2. The normalized spacial score (nSPS) is 10.3. The molecular formula is C17H15N5O2. The number of H-pyrrole nitrogens is 1. The summed E-state index contributed by atoms with van der Waals surface area (Å²) in [4.78, 5) is 17.1. The molecule has 0 aliphatic heterocycles. The van der Waals surface area contributed by atoms with E-state index in [9.17, 15) is 4.79 Å². The molecule has 0 aliphatic rings. The first kappa shape index (κ1) is 15.3. The van der Waals surface area contributed by atoms with Gasteiger partial charge in [0.2, 0.25) is 0 Å². The maximum absolute atomic E-state index is 11.2. The molecule has 0 saturated carbocycles. The van der Waals surface area contributed by atoms with Crippen molar-refractivity contribution in [2.75, 3.05) is 11.5 Å². The van der Waals surface area contributed by atoms with E-state index in [1.807, 2.05) is 30.3 Å². The van der Waals surface area contributed by atoms with E-state index >= 15 is 0 Å². The second-order valence-electron chi connectivity index (χ2n) is 5.03. The van der Waals surface area contributed by atoms with Gasteiger partial charge in [-0.25, -0.2) is 4.79 Å². The fourth-order valence-electron chi connectivity index (χ4n) is 2.23. The van der Waals surface area contributed by atoms with Crippen molar-refractivity contribution in [1.29, 1.82) is 5.41 Å². The van der Waals surface area contributed by atoms with E-state index in [1.165, 1.54) is 0 Å². The lowest BCUT2D eigenvalue weighted by molar-refractivity contribution is 0.482. The van der Waals surface area contributed by atoms with Crippen LogP contribution in [0.5, 0.6) is 11.5 Å². The maximum Gasteiger partial charge on any atom is 0.348 e. The van der Waals surface area contributed by atoms with Gasteiger partial charge in [0.25, 0.3) is 0 Å². The minimum absolute atomic E-state index is 0.0158. The van der Waals surface area contributed by atoms with Crippen molar-refractivity contribution in [2.24, 2.45) is 0 Å². The van der Waals surface area contributed by atoms with E-state index in [2.05, 4.69) is 9.97 Å². The lowest BCUT2D eigenvalue weighted by Crippen LogP contribution is -2.20. The third-order valence-corrected chi connectivity index (χ3v) is 3.36. The van der Waals surface area contributed by atoms with Crippen LogP contribution in [0.15, 0.2) is 59.4 Å². The third-order valence-electron chi connectivity index (χ3n) is 3.36. The SMILES string of the molecule is N=C(c1ccc(Oc2ccccc2)cc1)c1c(N)nc(=O)[nH]c1N. The number of para-hydroxylation sites is 1. The van der Waals surface area contributed by atoms with Crippen molar-refractivity contribution >= 4 is 17.3 Å². The summed E-state index contributed by atoms with van der Waals surface area (Å²) in [6.45, 7) is 0. The van der Waals surface area contributed by atoms with Gasteiger partial charge in [-0.15, -0.1) is 0 Å². The van der Waals surface area contributed by atoms with Crippen molar-refractivity contribution in [3.63, 3.8) is 0 Å². The molecule has 0 aliphatic carbocycles. The summed E-state index contributed by atoms with van der Waals surface area (Å²) in [5.41, 5.74) is 11.7. The Labute approximate surface area is 137 Å². The molecule has 0 unspecified atom stereocenters. The molecule has 2 aromatic carbocycles. The van der Waals surface area contributed by atoms with Gasteiger partial charge in [0.05, 0.1) is 11.3 Å². The van der Waals surface area contributed by atoms with Crippen molar-refractivity contribution in [3.05, 3.63) is 76.2 Å². The van der Waals surface area contributed by atoms with E-state index in [0.717, 1.165) is 5.75 Å². The summed E-state index contributed by atoms with van der Waals surface area (Å²) in [7, 11) is 0. The van der Waals surface area contributed by atoms with Gasteiger partial charge in [0.15, 0.2) is 0 Å². The van der Waals surface area contributed by atoms with Crippen LogP contribution in [0.2, 0.25) is 0 Å². The second kappa shape index (κ2) is 6.25. The van der Waals surface area contributed by atoms with Crippen LogP contribution in [0.1, 0.15) is 11.1 Å². The van der Waals surface area contributed by atoms with E-state index < -0.39 is 5.69 Å². The Morgan fingerprint density at radius 3 is 2.25 bits per heavy atom. The monoisotopic (exact) mass is 321 g/mol. The average Bonchev–Trinajstić information content (AvgIpc) is 2.55. The molecular weight excluding hydrogens is 306 g/mol.